The van der Waals surface area contributed by atoms with Gasteiger partial charge in [-0.1, -0.05) is 11.6 Å². The van der Waals surface area contributed by atoms with Crippen LogP contribution in [0.25, 0.3) is 0 Å². The van der Waals surface area contributed by atoms with E-state index in [-0.39, 0.29) is 22.0 Å². The van der Waals surface area contributed by atoms with Gasteiger partial charge in [0.2, 0.25) is 0 Å². The van der Waals surface area contributed by atoms with Gasteiger partial charge in [-0.15, -0.1) is 0 Å². The van der Waals surface area contributed by atoms with Gasteiger partial charge >= 0.3 is 0 Å². The topological polar surface area (TPSA) is 127 Å². The third-order valence-electron chi connectivity index (χ3n) is 2.77. The zero-order valence-electron chi connectivity index (χ0n) is 10.8. The molecule has 9 heteroatoms. The van der Waals surface area contributed by atoms with Gasteiger partial charge in [-0.3, -0.25) is 14.9 Å². The Balaban J connectivity index is 2.09. The minimum absolute atomic E-state index is 0.0118. The van der Waals surface area contributed by atoms with Crippen molar-refractivity contribution >= 4 is 28.9 Å². The predicted octanol–water partition coefficient (Wildman–Crippen LogP) is 1.53. The van der Waals surface area contributed by atoms with E-state index in [1.807, 2.05) is 0 Å². The Morgan fingerprint density at radius 2 is 2.29 bits per heavy atom. The molecule has 2 rings (SSSR count). The second kappa shape index (κ2) is 6.23. The average molecular weight is 310 g/mol. The van der Waals surface area contributed by atoms with Crippen molar-refractivity contribution in [3.05, 3.63) is 51.1 Å². The molecule has 0 aliphatic rings. The van der Waals surface area contributed by atoms with Crippen molar-refractivity contribution in [2.75, 3.05) is 12.3 Å². The number of H-pyrrole nitrogens is 1. The molecule has 1 aromatic heterocycles. The molecule has 0 saturated heterocycles. The number of anilines is 1. The van der Waals surface area contributed by atoms with Crippen LogP contribution in [0.3, 0.4) is 0 Å². The number of nitrogens with zero attached hydrogens (tertiary/aromatic N) is 2. The smallest absolute Gasteiger partial charge is 0.271 e. The summed E-state index contributed by atoms with van der Waals surface area (Å²) in [6.07, 6.45) is 3.78. The first-order valence-electron chi connectivity index (χ1n) is 5.99. The van der Waals surface area contributed by atoms with Crippen LogP contribution in [0.1, 0.15) is 16.2 Å². The van der Waals surface area contributed by atoms with E-state index < -0.39 is 10.8 Å². The monoisotopic (exact) mass is 309 g/mol. The van der Waals surface area contributed by atoms with Crippen molar-refractivity contribution < 1.29 is 9.72 Å². The second-order valence-electron chi connectivity index (χ2n) is 4.19. The highest BCUT2D eigenvalue weighted by atomic mass is 35.5. The number of imidazole rings is 1. The van der Waals surface area contributed by atoms with Crippen molar-refractivity contribution in [3.8, 4) is 0 Å². The summed E-state index contributed by atoms with van der Waals surface area (Å²) in [5.41, 5.74) is 5.39. The summed E-state index contributed by atoms with van der Waals surface area (Å²) in [7, 11) is 0. The number of carbonyl (C=O) groups is 1. The maximum atomic E-state index is 12.0. The first-order valence-corrected chi connectivity index (χ1v) is 6.36. The van der Waals surface area contributed by atoms with E-state index in [4.69, 9.17) is 17.3 Å². The molecule has 2 aromatic rings. The SMILES string of the molecule is Nc1c(Cl)cc([N+](=O)[O-])cc1C(=O)NCCc1ncc[nH]1. The molecule has 0 aliphatic heterocycles. The normalized spacial score (nSPS) is 10.3. The highest BCUT2D eigenvalue weighted by molar-refractivity contribution is 6.34. The van der Waals surface area contributed by atoms with Crippen molar-refractivity contribution in [1.29, 1.82) is 0 Å². The molecule has 0 bridgehead atoms. The molecule has 1 amide bonds. The Bertz CT molecular complexity index is 672. The van der Waals surface area contributed by atoms with Gasteiger partial charge in [-0.05, 0) is 0 Å². The lowest BCUT2D eigenvalue weighted by molar-refractivity contribution is -0.384. The van der Waals surface area contributed by atoms with Gasteiger partial charge in [-0.25, -0.2) is 4.98 Å². The molecule has 0 aliphatic carbocycles. The van der Waals surface area contributed by atoms with E-state index in [9.17, 15) is 14.9 Å². The molecule has 0 saturated carbocycles. The van der Waals surface area contributed by atoms with Gasteiger partial charge in [0.05, 0.1) is 21.2 Å². The van der Waals surface area contributed by atoms with E-state index >= 15 is 0 Å². The number of aromatic amines is 1. The fourth-order valence-corrected chi connectivity index (χ4v) is 1.93. The average Bonchev–Trinajstić information content (AvgIpc) is 2.94. The fraction of sp³-hybridized carbons (Fsp3) is 0.167. The van der Waals surface area contributed by atoms with Crippen LogP contribution in [-0.2, 0) is 6.42 Å². The number of nitro groups is 1. The summed E-state index contributed by atoms with van der Waals surface area (Å²) >= 11 is 5.80. The van der Waals surface area contributed by atoms with E-state index in [2.05, 4.69) is 15.3 Å². The van der Waals surface area contributed by atoms with Crippen LogP contribution in [0.2, 0.25) is 5.02 Å². The minimum atomic E-state index is -0.634. The fourth-order valence-electron chi connectivity index (χ4n) is 1.72. The maximum Gasteiger partial charge on any atom is 0.271 e. The number of nitrogen functional groups attached to an aromatic ring is 1. The summed E-state index contributed by atoms with van der Waals surface area (Å²) in [4.78, 5) is 29.1. The molecule has 0 atom stereocenters. The Labute approximate surface area is 124 Å². The number of hydrogen-bond acceptors (Lipinski definition) is 5. The van der Waals surface area contributed by atoms with Crippen LogP contribution in [0, 0.1) is 10.1 Å². The van der Waals surface area contributed by atoms with Crippen molar-refractivity contribution in [2.24, 2.45) is 0 Å². The zero-order chi connectivity index (χ0) is 15.4. The number of hydrogen-bond donors (Lipinski definition) is 3. The van der Waals surface area contributed by atoms with Gasteiger partial charge < -0.3 is 16.0 Å². The number of nitrogens with one attached hydrogen (secondary N) is 2. The Morgan fingerprint density at radius 3 is 2.90 bits per heavy atom. The maximum absolute atomic E-state index is 12.0. The summed E-state index contributed by atoms with van der Waals surface area (Å²) in [6, 6.07) is 2.21. The van der Waals surface area contributed by atoms with Crippen LogP contribution >= 0.6 is 11.6 Å². The molecule has 1 heterocycles. The number of nitro benzene ring substituents is 1. The Kier molecular flexibility index (Phi) is 4.39. The summed E-state index contributed by atoms with van der Waals surface area (Å²) in [5, 5.41) is 13.4. The molecular formula is C12H12ClN5O3. The number of non-ortho nitro benzene ring substituents is 1. The molecule has 4 N–H and O–H groups in total. The van der Waals surface area contributed by atoms with Gasteiger partial charge in [0.25, 0.3) is 11.6 Å². The molecule has 0 radical (unpaired) electrons. The molecule has 1 aromatic carbocycles. The van der Waals surface area contributed by atoms with Crippen LogP contribution < -0.4 is 11.1 Å². The Morgan fingerprint density at radius 1 is 1.52 bits per heavy atom. The molecule has 110 valence electrons. The first-order chi connectivity index (χ1) is 9.99. The summed E-state index contributed by atoms with van der Waals surface area (Å²) in [6.45, 7) is 0.312. The predicted molar refractivity (Wildman–Crippen MR) is 77.1 cm³/mol. The van der Waals surface area contributed by atoms with Crippen LogP contribution in [0.4, 0.5) is 11.4 Å². The molecule has 0 spiro atoms. The lowest BCUT2D eigenvalue weighted by Crippen LogP contribution is -2.27. The van der Waals surface area contributed by atoms with Crippen molar-refractivity contribution in [2.45, 2.75) is 6.42 Å². The van der Waals surface area contributed by atoms with Crippen molar-refractivity contribution in [1.82, 2.24) is 15.3 Å². The van der Waals surface area contributed by atoms with Gasteiger partial charge in [0.1, 0.15) is 5.82 Å². The Hall–Kier alpha value is -2.61. The number of benzene rings is 1. The third kappa shape index (κ3) is 3.48. The summed E-state index contributed by atoms with van der Waals surface area (Å²) in [5.74, 6) is 0.199. The van der Waals surface area contributed by atoms with Gasteiger partial charge in [0.15, 0.2) is 0 Å². The van der Waals surface area contributed by atoms with E-state index in [0.717, 1.165) is 18.0 Å². The van der Waals surface area contributed by atoms with Gasteiger partial charge in [-0.2, -0.15) is 0 Å². The van der Waals surface area contributed by atoms with E-state index in [1.165, 1.54) is 0 Å². The quantitative estimate of drug-likeness (QED) is 0.438. The highest BCUT2D eigenvalue weighted by Gasteiger charge is 2.18. The highest BCUT2D eigenvalue weighted by Crippen LogP contribution is 2.28. The van der Waals surface area contributed by atoms with Crippen molar-refractivity contribution in [3.63, 3.8) is 0 Å². The zero-order valence-corrected chi connectivity index (χ0v) is 11.6. The number of nitrogens with two attached hydrogens (primary N) is 1. The number of carbonyl (C=O) groups excluding carboxylic acids is 1. The molecule has 8 nitrogen and oxygen atoms in total. The van der Waals surface area contributed by atoms with Crippen LogP contribution in [-0.4, -0.2) is 27.3 Å². The molecule has 21 heavy (non-hydrogen) atoms. The molecule has 0 unspecified atom stereocenters. The lowest BCUT2D eigenvalue weighted by atomic mass is 10.1. The van der Waals surface area contributed by atoms with E-state index in [0.29, 0.717) is 13.0 Å². The number of amides is 1. The van der Waals surface area contributed by atoms with E-state index in [1.54, 1.807) is 12.4 Å². The van der Waals surface area contributed by atoms with Gasteiger partial charge in [0, 0.05) is 37.5 Å². The molecule has 0 fully saturated rings. The van der Waals surface area contributed by atoms with Crippen LogP contribution in [0.5, 0.6) is 0 Å². The largest absolute Gasteiger partial charge is 0.397 e. The number of aromatic nitrogens is 2. The second-order valence-corrected chi connectivity index (χ2v) is 4.59. The molecular weight excluding hydrogens is 298 g/mol. The third-order valence-corrected chi connectivity index (χ3v) is 3.08. The minimum Gasteiger partial charge on any atom is -0.397 e. The number of rotatable bonds is 5. The lowest BCUT2D eigenvalue weighted by Gasteiger charge is -2.08. The first kappa shape index (κ1) is 14.8. The summed E-state index contributed by atoms with van der Waals surface area (Å²) < 4.78 is 0. The standard InChI is InChI=1S/C12H12ClN5O3/c13-9-6-7(18(20)21)5-8(11(9)14)12(19)17-2-1-10-15-3-4-16-10/h3-6H,1-2,14H2,(H,15,16)(H,17,19). The number of halogens is 1. The van der Waals surface area contributed by atoms with Crippen LogP contribution in [0.15, 0.2) is 24.5 Å².